The Kier molecular flexibility index (Phi) is 5.70. The molecule has 5 nitrogen and oxygen atoms in total. The molecule has 0 unspecified atom stereocenters. The third kappa shape index (κ3) is 4.15. The van der Waals surface area contributed by atoms with Crippen molar-refractivity contribution in [3.8, 4) is 33.4 Å². The summed E-state index contributed by atoms with van der Waals surface area (Å²) in [6.07, 6.45) is 0. The van der Waals surface area contributed by atoms with Crippen LogP contribution in [-0.4, -0.2) is 24.8 Å². The molecule has 0 aliphatic rings. The summed E-state index contributed by atoms with van der Waals surface area (Å²) in [5.74, 6) is 2.23. The van der Waals surface area contributed by atoms with Crippen LogP contribution in [0.25, 0.3) is 20.5 Å². The third-order valence-corrected chi connectivity index (χ3v) is 5.75. The van der Waals surface area contributed by atoms with Crippen molar-refractivity contribution < 1.29 is 24.1 Å². The van der Waals surface area contributed by atoms with Crippen LogP contribution in [0.3, 0.4) is 0 Å². The van der Waals surface area contributed by atoms with Crippen molar-refractivity contribution in [3.63, 3.8) is 0 Å². The van der Waals surface area contributed by atoms with E-state index in [9.17, 15) is 9.90 Å². The number of hydrogen-bond donors (Lipinski definition) is 1. The zero-order valence-corrected chi connectivity index (χ0v) is 17.4. The maximum atomic E-state index is 11.8. The molecule has 0 atom stereocenters. The average Bonchev–Trinajstić information content (AvgIpc) is 3.11. The largest absolute Gasteiger partial charge is 0.508 e. The van der Waals surface area contributed by atoms with Gasteiger partial charge in [0.25, 0.3) is 0 Å². The number of hydrogen-bond acceptors (Lipinski definition) is 6. The normalized spacial score (nSPS) is 10.9. The topological polar surface area (TPSA) is 65.0 Å². The number of thiophene rings is 1. The first kappa shape index (κ1) is 19.9. The molecule has 0 bridgehead atoms. The van der Waals surface area contributed by atoms with Crippen LogP contribution in [0.5, 0.6) is 23.0 Å². The molecule has 0 radical (unpaired) electrons. The second-order valence-electron chi connectivity index (χ2n) is 6.70. The summed E-state index contributed by atoms with van der Waals surface area (Å²) < 4.78 is 17.6. The summed E-state index contributed by atoms with van der Waals surface area (Å²) in [7, 11) is 1.58. The fourth-order valence-electron chi connectivity index (χ4n) is 3.04. The quantitative estimate of drug-likeness (QED) is 0.283. The lowest BCUT2D eigenvalue weighted by molar-refractivity contribution is 0.0511. The van der Waals surface area contributed by atoms with E-state index >= 15 is 0 Å². The Labute approximate surface area is 178 Å². The highest BCUT2D eigenvalue weighted by molar-refractivity contribution is 7.22. The summed E-state index contributed by atoms with van der Waals surface area (Å²) in [5.41, 5.74) is 1.63. The lowest BCUT2D eigenvalue weighted by Crippen LogP contribution is -1.98. The van der Waals surface area contributed by atoms with Crippen molar-refractivity contribution in [1.29, 1.82) is 0 Å². The molecular formula is C24H20O5S. The van der Waals surface area contributed by atoms with Crippen molar-refractivity contribution >= 4 is 27.2 Å². The van der Waals surface area contributed by atoms with Gasteiger partial charge < -0.3 is 19.3 Å². The van der Waals surface area contributed by atoms with Crippen LogP contribution in [-0.2, 0) is 4.74 Å². The number of ketones is 1. The van der Waals surface area contributed by atoms with Crippen LogP contribution in [0.4, 0.5) is 0 Å². The second-order valence-corrected chi connectivity index (χ2v) is 7.75. The van der Waals surface area contributed by atoms with Crippen molar-refractivity contribution in [2.75, 3.05) is 13.9 Å². The van der Waals surface area contributed by atoms with E-state index in [1.54, 1.807) is 49.6 Å². The van der Waals surface area contributed by atoms with Crippen molar-refractivity contribution in [3.05, 3.63) is 72.3 Å². The molecule has 4 rings (SSSR count). The highest BCUT2D eigenvalue weighted by atomic mass is 32.1. The SMILES string of the molecule is COCOc1ccc(-c2sc3cc(C(C)=O)ccc3c2Oc2ccc(O)cc2)cc1. The van der Waals surface area contributed by atoms with Gasteiger partial charge >= 0.3 is 0 Å². The Morgan fingerprint density at radius 2 is 1.67 bits per heavy atom. The molecule has 3 aromatic carbocycles. The van der Waals surface area contributed by atoms with E-state index in [1.165, 1.54) is 0 Å². The first-order valence-electron chi connectivity index (χ1n) is 9.31. The lowest BCUT2D eigenvalue weighted by atomic mass is 10.1. The average molecular weight is 420 g/mol. The van der Waals surface area contributed by atoms with E-state index in [0.717, 1.165) is 20.5 Å². The Morgan fingerprint density at radius 3 is 2.33 bits per heavy atom. The molecule has 0 aliphatic carbocycles. The minimum Gasteiger partial charge on any atom is -0.508 e. The zero-order valence-electron chi connectivity index (χ0n) is 16.5. The Balaban J connectivity index is 1.79. The van der Waals surface area contributed by atoms with Crippen molar-refractivity contribution in [1.82, 2.24) is 0 Å². The number of phenols is 1. The van der Waals surface area contributed by atoms with E-state index in [2.05, 4.69) is 0 Å². The molecule has 1 heterocycles. The predicted octanol–water partition coefficient (Wildman–Crippen LogP) is 6.25. The van der Waals surface area contributed by atoms with Gasteiger partial charge in [0, 0.05) is 22.8 Å². The number of aromatic hydroxyl groups is 1. The van der Waals surface area contributed by atoms with Crippen LogP contribution >= 0.6 is 11.3 Å². The van der Waals surface area contributed by atoms with Gasteiger partial charge in [-0.05, 0) is 73.2 Å². The van der Waals surface area contributed by atoms with Gasteiger partial charge in [-0.25, -0.2) is 0 Å². The van der Waals surface area contributed by atoms with Gasteiger partial charge in [-0.3, -0.25) is 4.79 Å². The number of phenolic OH excluding ortho intramolecular Hbond substituents is 1. The second kappa shape index (κ2) is 8.57. The molecule has 0 aliphatic heterocycles. The molecule has 0 amide bonds. The van der Waals surface area contributed by atoms with E-state index < -0.39 is 0 Å². The molecule has 0 saturated carbocycles. The summed E-state index contributed by atoms with van der Waals surface area (Å²) in [6.45, 7) is 1.74. The smallest absolute Gasteiger partial charge is 0.188 e. The monoisotopic (exact) mass is 420 g/mol. The number of fused-ring (bicyclic) bond motifs is 1. The first-order chi connectivity index (χ1) is 14.5. The Morgan fingerprint density at radius 1 is 0.967 bits per heavy atom. The van der Waals surface area contributed by atoms with E-state index in [1.807, 2.05) is 42.5 Å². The fourth-order valence-corrected chi connectivity index (χ4v) is 4.22. The van der Waals surface area contributed by atoms with Gasteiger partial charge in [-0.15, -0.1) is 11.3 Å². The summed E-state index contributed by atoms with van der Waals surface area (Å²) in [6, 6.07) is 19.9. The number of methoxy groups -OCH3 is 1. The predicted molar refractivity (Wildman–Crippen MR) is 118 cm³/mol. The van der Waals surface area contributed by atoms with Crippen LogP contribution in [0.15, 0.2) is 66.7 Å². The standard InChI is InChI=1S/C24H20O5S/c1-15(25)17-5-12-21-22(13-17)30-24(16-3-8-19(9-4-16)28-14-27-2)23(21)29-20-10-6-18(26)7-11-20/h3-13,26H,14H2,1-2H3. The number of carbonyl (C=O) groups excluding carboxylic acids is 1. The molecule has 6 heteroatoms. The molecule has 0 spiro atoms. The van der Waals surface area contributed by atoms with E-state index in [-0.39, 0.29) is 18.3 Å². The number of benzene rings is 3. The van der Waals surface area contributed by atoms with Gasteiger partial charge in [-0.1, -0.05) is 6.07 Å². The molecule has 1 N–H and O–H groups in total. The molecule has 1 aromatic heterocycles. The van der Waals surface area contributed by atoms with Gasteiger partial charge in [0.15, 0.2) is 18.3 Å². The summed E-state index contributed by atoms with van der Waals surface area (Å²) in [5, 5.41) is 10.5. The molecule has 0 fully saturated rings. The van der Waals surface area contributed by atoms with E-state index in [4.69, 9.17) is 14.2 Å². The Bertz CT molecular complexity index is 1180. The van der Waals surface area contributed by atoms with Crippen LogP contribution < -0.4 is 9.47 Å². The van der Waals surface area contributed by atoms with Gasteiger partial charge in [0.1, 0.15) is 17.2 Å². The molecule has 152 valence electrons. The van der Waals surface area contributed by atoms with Gasteiger partial charge in [0.2, 0.25) is 0 Å². The number of ether oxygens (including phenoxy) is 3. The molecule has 0 saturated heterocycles. The third-order valence-electron chi connectivity index (χ3n) is 4.57. The minimum atomic E-state index is 0.0208. The number of rotatable bonds is 7. The van der Waals surface area contributed by atoms with E-state index in [0.29, 0.717) is 22.8 Å². The Hall–Kier alpha value is -3.35. The first-order valence-corrected chi connectivity index (χ1v) is 10.1. The van der Waals surface area contributed by atoms with Crippen molar-refractivity contribution in [2.45, 2.75) is 6.92 Å². The van der Waals surface area contributed by atoms with Crippen LogP contribution in [0, 0.1) is 0 Å². The maximum Gasteiger partial charge on any atom is 0.188 e. The van der Waals surface area contributed by atoms with Crippen molar-refractivity contribution in [2.24, 2.45) is 0 Å². The lowest BCUT2D eigenvalue weighted by Gasteiger charge is -2.09. The van der Waals surface area contributed by atoms with Crippen LogP contribution in [0.2, 0.25) is 0 Å². The molecular weight excluding hydrogens is 400 g/mol. The number of carbonyl (C=O) groups is 1. The maximum absolute atomic E-state index is 11.8. The van der Waals surface area contributed by atoms with Gasteiger partial charge in [-0.2, -0.15) is 0 Å². The fraction of sp³-hybridized carbons (Fsp3) is 0.125. The van der Waals surface area contributed by atoms with Gasteiger partial charge in [0.05, 0.1) is 4.88 Å². The summed E-state index contributed by atoms with van der Waals surface area (Å²) in [4.78, 5) is 12.8. The molecule has 4 aromatic rings. The number of Topliss-reactive ketones (excluding diaryl/α,β-unsaturated/α-hetero) is 1. The van der Waals surface area contributed by atoms with Crippen LogP contribution in [0.1, 0.15) is 17.3 Å². The summed E-state index contributed by atoms with van der Waals surface area (Å²) >= 11 is 1.56. The minimum absolute atomic E-state index is 0.0208. The molecule has 30 heavy (non-hydrogen) atoms. The highest BCUT2D eigenvalue weighted by Crippen LogP contribution is 2.46. The zero-order chi connectivity index (χ0) is 21.1. The highest BCUT2D eigenvalue weighted by Gasteiger charge is 2.17.